The van der Waals surface area contributed by atoms with Gasteiger partial charge in [0.05, 0.1) is 0 Å². The summed E-state index contributed by atoms with van der Waals surface area (Å²) in [5, 5.41) is 0.930. The zero-order valence-electron chi connectivity index (χ0n) is 8.44. The van der Waals surface area contributed by atoms with Crippen LogP contribution >= 0.6 is 31.9 Å². The van der Waals surface area contributed by atoms with E-state index in [9.17, 15) is 0 Å². The topological polar surface area (TPSA) is 27.7 Å². The van der Waals surface area contributed by atoms with Crippen LogP contribution in [0.4, 0.5) is 0 Å². The number of alkyl halides is 2. The van der Waals surface area contributed by atoms with E-state index >= 15 is 0 Å². The molecule has 0 spiro atoms. The molecule has 0 atom stereocenters. The van der Waals surface area contributed by atoms with E-state index in [0.29, 0.717) is 0 Å². The van der Waals surface area contributed by atoms with Gasteiger partial charge in [0, 0.05) is 19.4 Å². The second-order valence-corrected chi connectivity index (χ2v) is 8.34. The van der Waals surface area contributed by atoms with Crippen LogP contribution < -0.4 is 5.19 Å². The van der Waals surface area contributed by atoms with Crippen molar-refractivity contribution in [1.82, 2.24) is 0 Å². The summed E-state index contributed by atoms with van der Waals surface area (Å²) in [6.07, 6.45) is 0. The molecule has 0 heterocycles. The van der Waals surface area contributed by atoms with Crippen molar-refractivity contribution >= 4 is 45.9 Å². The van der Waals surface area contributed by atoms with Crippen LogP contribution in [0.5, 0.6) is 0 Å². The summed E-state index contributed by atoms with van der Waals surface area (Å²) in [7, 11) is 0.400. The minimum atomic E-state index is -2.78. The maximum atomic E-state index is 5.65. The minimum absolute atomic E-state index is 0.295. The number of hydrogen-bond acceptors (Lipinski definition) is 3. The Bertz CT molecular complexity index is 291. The van der Waals surface area contributed by atoms with Gasteiger partial charge in [0.25, 0.3) is 0 Å². The fraction of sp³-hybridized carbons (Fsp3) is 0.333. The highest BCUT2D eigenvalue weighted by Gasteiger charge is 2.43. The van der Waals surface area contributed by atoms with Gasteiger partial charge in [-0.05, 0) is 31.9 Å². The Morgan fingerprint density at radius 2 is 1.60 bits per heavy atom. The Hall–Kier alpha value is 0.277. The molecule has 84 valence electrons. The molecule has 0 amide bonds. The van der Waals surface area contributed by atoms with Crippen LogP contribution in [0.2, 0.25) is 0 Å². The maximum absolute atomic E-state index is 5.65. The Labute approximate surface area is 107 Å². The van der Waals surface area contributed by atoms with Gasteiger partial charge in [-0.25, -0.2) is 0 Å². The fourth-order valence-electron chi connectivity index (χ4n) is 1.24. The molecule has 0 unspecified atom stereocenters. The number of halogens is 2. The van der Waals surface area contributed by atoms with Gasteiger partial charge >= 0.3 is 8.80 Å². The lowest BCUT2D eigenvalue weighted by Crippen LogP contribution is -2.55. The highest BCUT2D eigenvalue weighted by atomic mass is 79.9. The van der Waals surface area contributed by atoms with E-state index in [4.69, 9.17) is 13.3 Å². The third kappa shape index (κ3) is 3.37. The molecule has 3 nitrogen and oxygen atoms in total. The standard InChI is InChI=1S/C9H12Br2O3Si/c1-12-15(13-2,14-9(10)11)8-6-4-3-5-7-8/h3-7,9H,1-2H3. The van der Waals surface area contributed by atoms with E-state index in [1.54, 1.807) is 14.2 Å². The average molecular weight is 356 g/mol. The molecule has 0 saturated carbocycles. The third-order valence-electron chi connectivity index (χ3n) is 1.91. The van der Waals surface area contributed by atoms with Crippen molar-refractivity contribution in [3.8, 4) is 0 Å². The molecule has 1 rings (SSSR count). The number of rotatable bonds is 5. The van der Waals surface area contributed by atoms with E-state index in [0.717, 1.165) is 5.19 Å². The first-order valence-corrected chi connectivity index (χ1v) is 7.82. The molecule has 1 aromatic rings. The highest BCUT2D eigenvalue weighted by Crippen LogP contribution is 2.18. The summed E-state index contributed by atoms with van der Waals surface area (Å²) in [4.78, 5) is 0. The van der Waals surface area contributed by atoms with Crippen LogP contribution in [0.15, 0.2) is 30.3 Å². The van der Waals surface area contributed by atoms with Crippen molar-refractivity contribution in [2.75, 3.05) is 14.2 Å². The Morgan fingerprint density at radius 1 is 1.07 bits per heavy atom. The zero-order valence-corrected chi connectivity index (χ0v) is 12.6. The largest absolute Gasteiger partial charge is 0.538 e. The quantitative estimate of drug-likeness (QED) is 0.598. The lowest BCUT2D eigenvalue weighted by Gasteiger charge is -2.27. The van der Waals surface area contributed by atoms with E-state index < -0.39 is 8.80 Å². The van der Waals surface area contributed by atoms with Crippen molar-refractivity contribution in [2.24, 2.45) is 0 Å². The van der Waals surface area contributed by atoms with Crippen LogP contribution in [0.1, 0.15) is 0 Å². The second-order valence-electron chi connectivity index (χ2n) is 2.71. The van der Waals surface area contributed by atoms with Crippen LogP contribution in [0.25, 0.3) is 0 Å². The molecule has 15 heavy (non-hydrogen) atoms. The number of hydrogen-bond donors (Lipinski definition) is 0. The summed E-state index contributed by atoms with van der Waals surface area (Å²) in [5.74, 6) is 0. The Kier molecular flexibility index (Phi) is 5.44. The summed E-state index contributed by atoms with van der Waals surface area (Å²) < 4.78 is 16.2. The SMILES string of the molecule is CO[Si](OC)(OC(Br)Br)c1ccccc1. The van der Waals surface area contributed by atoms with Gasteiger partial charge in [-0.15, -0.1) is 0 Å². The van der Waals surface area contributed by atoms with E-state index in [-0.39, 0.29) is 3.92 Å². The first-order chi connectivity index (χ1) is 7.14. The third-order valence-corrected chi connectivity index (χ3v) is 5.63. The second kappa shape index (κ2) is 6.12. The fourth-order valence-corrected chi connectivity index (χ4v) is 4.52. The monoisotopic (exact) mass is 354 g/mol. The molecular formula is C9H12Br2O3Si. The van der Waals surface area contributed by atoms with Crippen LogP contribution in [-0.4, -0.2) is 26.9 Å². The van der Waals surface area contributed by atoms with Crippen LogP contribution in [-0.2, 0) is 13.3 Å². The van der Waals surface area contributed by atoms with Gasteiger partial charge in [0.2, 0.25) is 0 Å². The van der Waals surface area contributed by atoms with Crippen LogP contribution in [0.3, 0.4) is 0 Å². The minimum Gasteiger partial charge on any atom is -0.373 e. The molecule has 0 bridgehead atoms. The summed E-state index contributed by atoms with van der Waals surface area (Å²) in [6, 6.07) is 9.66. The van der Waals surface area contributed by atoms with Gasteiger partial charge < -0.3 is 13.3 Å². The molecule has 0 radical (unpaired) electrons. The molecule has 6 heteroatoms. The molecule has 0 fully saturated rings. The van der Waals surface area contributed by atoms with Gasteiger partial charge in [0.1, 0.15) is 0 Å². The maximum Gasteiger partial charge on any atom is 0.538 e. The summed E-state index contributed by atoms with van der Waals surface area (Å²) in [6.45, 7) is 0. The van der Waals surface area contributed by atoms with Crippen LogP contribution in [0, 0.1) is 0 Å². The van der Waals surface area contributed by atoms with Gasteiger partial charge in [0.15, 0.2) is 3.92 Å². The average Bonchev–Trinajstić information content (AvgIpc) is 2.27. The molecular weight excluding hydrogens is 344 g/mol. The number of benzene rings is 1. The predicted octanol–water partition coefficient (Wildman–Crippen LogP) is 2.22. The Morgan fingerprint density at radius 3 is 2.00 bits per heavy atom. The lowest BCUT2D eigenvalue weighted by molar-refractivity contribution is 0.129. The predicted molar refractivity (Wildman–Crippen MR) is 68.6 cm³/mol. The molecule has 0 saturated heterocycles. The molecule has 0 aliphatic rings. The molecule has 0 aliphatic carbocycles. The Balaban J connectivity index is 3.00. The van der Waals surface area contributed by atoms with Gasteiger partial charge in [-0.1, -0.05) is 30.3 Å². The lowest BCUT2D eigenvalue weighted by atomic mass is 10.4. The van der Waals surface area contributed by atoms with E-state index in [1.807, 2.05) is 30.3 Å². The molecule has 1 aromatic carbocycles. The first kappa shape index (κ1) is 13.3. The van der Waals surface area contributed by atoms with Crippen molar-refractivity contribution in [2.45, 2.75) is 3.92 Å². The summed E-state index contributed by atoms with van der Waals surface area (Å²) in [5.41, 5.74) is 0. The smallest absolute Gasteiger partial charge is 0.373 e. The van der Waals surface area contributed by atoms with Gasteiger partial charge in [-0.3, -0.25) is 0 Å². The first-order valence-electron chi connectivity index (χ1n) is 4.26. The normalized spacial score (nSPS) is 12.1. The zero-order chi connectivity index (χ0) is 11.3. The molecule has 0 aliphatic heterocycles. The molecule has 0 N–H and O–H groups in total. The van der Waals surface area contributed by atoms with Gasteiger partial charge in [-0.2, -0.15) is 0 Å². The van der Waals surface area contributed by atoms with Crippen molar-refractivity contribution in [3.05, 3.63) is 30.3 Å². The molecule has 0 aromatic heterocycles. The van der Waals surface area contributed by atoms with Crippen molar-refractivity contribution < 1.29 is 13.3 Å². The van der Waals surface area contributed by atoms with E-state index in [2.05, 4.69) is 31.9 Å². The highest BCUT2D eigenvalue weighted by molar-refractivity contribution is 9.24. The van der Waals surface area contributed by atoms with E-state index in [1.165, 1.54) is 0 Å². The van der Waals surface area contributed by atoms with Crippen molar-refractivity contribution in [3.63, 3.8) is 0 Å². The summed E-state index contributed by atoms with van der Waals surface area (Å²) >= 11 is 6.52. The van der Waals surface area contributed by atoms with Crippen molar-refractivity contribution in [1.29, 1.82) is 0 Å².